The Bertz CT molecular complexity index is 459. The van der Waals surface area contributed by atoms with E-state index >= 15 is 0 Å². The summed E-state index contributed by atoms with van der Waals surface area (Å²) in [5, 5.41) is 0. The third kappa shape index (κ3) is 3.00. The van der Waals surface area contributed by atoms with E-state index in [-0.39, 0.29) is 17.2 Å². The van der Waals surface area contributed by atoms with Crippen LogP contribution in [-0.2, 0) is 14.3 Å². The van der Waals surface area contributed by atoms with E-state index in [1.165, 1.54) is 25.7 Å². The van der Waals surface area contributed by atoms with Gasteiger partial charge in [0.25, 0.3) is 0 Å². The largest absolute Gasteiger partial charge is 0.378 e. The Kier molecular flexibility index (Phi) is 4.95. The Hall–Kier alpha value is -1.10. The fourth-order valence-corrected chi connectivity index (χ4v) is 4.91. The van der Waals surface area contributed by atoms with Crippen molar-refractivity contribution in [1.29, 1.82) is 0 Å². The van der Waals surface area contributed by atoms with E-state index in [2.05, 4.69) is 6.92 Å². The number of carbonyl (C=O) groups excluding carboxylic acids is 2. The Morgan fingerprint density at radius 3 is 2.70 bits per heavy atom. The lowest BCUT2D eigenvalue weighted by molar-refractivity contribution is -0.172. The zero-order valence-electron chi connectivity index (χ0n) is 14.6. The molecule has 1 aliphatic heterocycles. The lowest BCUT2D eigenvalue weighted by atomic mass is 9.60. The van der Waals surface area contributed by atoms with Crippen LogP contribution in [0, 0.1) is 5.41 Å². The molecule has 3 rings (SSSR count). The van der Waals surface area contributed by atoms with Gasteiger partial charge < -0.3 is 14.5 Å². The van der Waals surface area contributed by atoms with Crippen LogP contribution in [0.3, 0.4) is 0 Å². The molecule has 1 spiro atoms. The van der Waals surface area contributed by atoms with Crippen molar-refractivity contribution >= 4 is 11.8 Å². The second-order valence-corrected chi connectivity index (χ2v) is 7.37. The van der Waals surface area contributed by atoms with E-state index in [0.717, 1.165) is 26.0 Å². The quantitative estimate of drug-likeness (QED) is 0.753. The van der Waals surface area contributed by atoms with Crippen molar-refractivity contribution in [3.8, 4) is 0 Å². The number of amides is 2. The highest BCUT2D eigenvalue weighted by Crippen LogP contribution is 2.56. The first-order valence-electron chi connectivity index (χ1n) is 9.23. The van der Waals surface area contributed by atoms with Crippen molar-refractivity contribution in [2.24, 2.45) is 5.41 Å². The number of ether oxygens (including phenoxy) is 1. The van der Waals surface area contributed by atoms with E-state index in [0.29, 0.717) is 31.5 Å². The van der Waals surface area contributed by atoms with Gasteiger partial charge in [-0.2, -0.15) is 0 Å². The number of hydrogen-bond donors (Lipinski definition) is 0. The van der Waals surface area contributed by atoms with Crippen LogP contribution in [0.2, 0.25) is 0 Å². The van der Waals surface area contributed by atoms with Gasteiger partial charge in [-0.1, -0.05) is 12.8 Å². The van der Waals surface area contributed by atoms with Gasteiger partial charge in [0.1, 0.15) is 0 Å². The summed E-state index contributed by atoms with van der Waals surface area (Å²) in [5.41, 5.74) is 0.198. The smallest absolute Gasteiger partial charge is 0.224 e. The Labute approximate surface area is 139 Å². The molecule has 3 fully saturated rings. The van der Waals surface area contributed by atoms with Crippen LogP contribution in [-0.4, -0.2) is 60.5 Å². The summed E-state index contributed by atoms with van der Waals surface area (Å²) >= 11 is 0. The van der Waals surface area contributed by atoms with Crippen LogP contribution in [0.25, 0.3) is 0 Å². The molecule has 0 N–H and O–H groups in total. The SMILES string of the molecule is CCO[C@H]1C[C@H](N(C)C(=O)CCN2CCCC2=O)C12CCCC2. The maximum atomic E-state index is 12.6. The van der Waals surface area contributed by atoms with Crippen LogP contribution in [0.1, 0.15) is 58.3 Å². The lowest BCUT2D eigenvalue weighted by Crippen LogP contribution is -2.64. The Morgan fingerprint density at radius 2 is 2.09 bits per heavy atom. The average Bonchev–Trinajstić information content (AvgIpc) is 3.18. The van der Waals surface area contributed by atoms with Crippen LogP contribution < -0.4 is 0 Å². The molecule has 2 amide bonds. The number of hydrogen-bond acceptors (Lipinski definition) is 3. The maximum Gasteiger partial charge on any atom is 0.224 e. The van der Waals surface area contributed by atoms with Gasteiger partial charge in [-0.05, 0) is 32.6 Å². The monoisotopic (exact) mass is 322 g/mol. The fraction of sp³-hybridized carbons (Fsp3) is 0.889. The summed E-state index contributed by atoms with van der Waals surface area (Å²) in [7, 11) is 1.95. The first kappa shape index (κ1) is 16.7. The molecular formula is C18H30N2O3. The molecule has 2 saturated carbocycles. The second kappa shape index (κ2) is 6.80. The van der Waals surface area contributed by atoms with Crippen molar-refractivity contribution in [1.82, 2.24) is 9.80 Å². The molecule has 0 aromatic rings. The molecule has 2 aliphatic carbocycles. The summed E-state index contributed by atoms with van der Waals surface area (Å²) in [6.07, 6.45) is 8.21. The predicted octanol–water partition coefficient (Wildman–Crippen LogP) is 2.20. The van der Waals surface area contributed by atoms with Gasteiger partial charge in [0, 0.05) is 51.0 Å². The summed E-state index contributed by atoms with van der Waals surface area (Å²) < 4.78 is 5.94. The van der Waals surface area contributed by atoms with Crippen LogP contribution in [0.15, 0.2) is 0 Å². The molecule has 0 aromatic heterocycles. The highest BCUT2D eigenvalue weighted by molar-refractivity contribution is 5.80. The topological polar surface area (TPSA) is 49.9 Å². The van der Waals surface area contributed by atoms with Gasteiger partial charge in [0.2, 0.25) is 11.8 Å². The second-order valence-electron chi connectivity index (χ2n) is 7.37. The molecular weight excluding hydrogens is 292 g/mol. The summed E-state index contributed by atoms with van der Waals surface area (Å²) in [6, 6.07) is 0.323. The summed E-state index contributed by atoms with van der Waals surface area (Å²) in [6.45, 7) is 4.21. The Balaban J connectivity index is 1.55. The van der Waals surface area contributed by atoms with E-state index in [1.54, 1.807) is 0 Å². The third-order valence-electron chi connectivity index (χ3n) is 6.27. The van der Waals surface area contributed by atoms with Crippen molar-refractivity contribution in [2.45, 2.75) is 70.4 Å². The average molecular weight is 322 g/mol. The van der Waals surface area contributed by atoms with Crippen molar-refractivity contribution in [3.05, 3.63) is 0 Å². The first-order chi connectivity index (χ1) is 11.1. The van der Waals surface area contributed by atoms with Crippen molar-refractivity contribution in [2.75, 3.05) is 26.7 Å². The molecule has 0 bridgehead atoms. The van der Waals surface area contributed by atoms with Crippen molar-refractivity contribution < 1.29 is 14.3 Å². The molecule has 1 saturated heterocycles. The Morgan fingerprint density at radius 1 is 1.35 bits per heavy atom. The molecule has 3 aliphatic rings. The lowest BCUT2D eigenvalue weighted by Gasteiger charge is -2.57. The highest BCUT2D eigenvalue weighted by Gasteiger charge is 2.58. The molecule has 5 heteroatoms. The minimum Gasteiger partial charge on any atom is -0.378 e. The first-order valence-corrected chi connectivity index (χ1v) is 9.23. The van der Waals surface area contributed by atoms with E-state index < -0.39 is 0 Å². The van der Waals surface area contributed by atoms with Gasteiger partial charge in [0.05, 0.1) is 6.10 Å². The fourth-order valence-electron chi connectivity index (χ4n) is 4.91. The standard InChI is InChI=1S/C18H30N2O3/c1-3-23-15-13-14(18(15)9-4-5-10-18)19(2)16(21)8-12-20-11-6-7-17(20)22/h14-15H,3-13H2,1-2H3/t14-,15-/m0/s1. The van der Waals surface area contributed by atoms with E-state index in [4.69, 9.17) is 4.74 Å². The summed E-state index contributed by atoms with van der Waals surface area (Å²) in [4.78, 5) is 28.0. The highest BCUT2D eigenvalue weighted by atomic mass is 16.5. The van der Waals surface area contributed by atoms with Gasteiger partial charge in [0.15, 0.2) is 0 Å². The van der Waals surface area contributed by atoms with Crippen LogP contribution >= 0.6 is 0 Å². The molecule has 1 heterocycles. The minimum absolute atomic E-state index is 0.177. The number of rotatable bonds is 6. The van der Waals surface area contributed by atoms with Gasteiger partial charge in [-0.3, -0.25) is 9.59 Å². The zero-order chi connectivity index (χ0) is 16.4. The predicted molar refractivity (Wildman–Crippen MR) is 87.9 cm³/mol. The van der Waals surface area contributed by atoms with E-state index in [9.17, 15) is 9.59 Å². The van der Waals surface area contributed by atoms with Crippen LogP contribution in [0.5, 0.6) is 0 Å². The number of nitrogens with zero attached hydrogens (tertiary/aromatic N) is 2. The molecule has 130 valence electrons. The van der Waals surface area contributed by atoms with Gasteiger partial charge >= 0.3 is 0 Å². The maximum absolute atomic E-state index is 12.6. The zero-order valence-corrected chi connectivity index (χ0v) is 14.6. The molecule has 23 heavy (non-hydrogen) atoms. The molecule has 0 unspecified atom stereocenters. The third-order valence-corrected chi connectivity index (χ3v) is 6.27. The number of carbonyl (C=O) groups is 2. The van der Waals surface area contributed by atoms with E-state index in [1.807, 2.05) is 16.8 Å². The molecule has 2 atom stereocenters. The number of likely N-dealkylation sites (tertiary alicyclic amines) is 1. The molecule has 5 nitrogen and oxygen atoms in total. The minimum atomic E-state index is 0.177. The molecule has 0 radical (unpaired) electrons. The van der Waals surface area contributed by atoms with Gasteiger partial charge in [-0.15, -0.1) is 0 Å². The van der Waals surface area contributed by atoms with Crippen LogP contribution in [0.4, 0.5) is 0 Å². The summed E-state index contributed by atoms with van der Waals surface area (Å²) in [5.74, 6) is 0.378. The molecule has 0 aromatic carbocycles. The van der Waals surface area contributed by atoms with Crippen molar-refractivity contribution in [3.63, 3.8) is 0 Å². The normalized spacial score (nSPS) is 29.1. The van der Waals surface area contributed by atoms with Gasteiger partial charge in [-0.25, -0.2) is 0 Å².